The van der Waals surface area contributed by atoms with Crippen LogP contribution in [0.15, 0.2) is 66.7 Å². The maximum absolute atomic E-state index is 12.5. The third-order valence-electron chi connectivity index (χ3n) is 4.45. The Labute approximate surface area is 189 Å². The minimum absolute atomic E-state index is 0.0801. The second-order valence-electron chi connectivity index (χ2n) is 6.84. The molecule has 0 saturated heterocycles. The van der Waals surface area contributed by atoms with Gasteiger partial charge in [0.25, 0.3) is 11.8 Å². The molecule has 0 heterocycles. The van der Waals surface area contributed by atoms with Gasteiger partial charge >= 0.3 is 6.16 Å². The molecule has 3 rings (SSSR count). The van der Waals surface area contributed by atoms with Gasteiger partial charge in [0.15, 0.2) is 0 Å². The zero-order valence-corrected chi connectivity index (χ0v) is 17.7. The van der Waals surface area contributed by atoms with E-state index in [0.717, 1.165) is 6.07 Å². The Kier molecular flexibility index (Phi) is 7.48. The number of amides is 2. The first-order valence-corrected chi connectivity index (χ1v) is 10.0. The molecule has 33 heavy (non-hydrogen) atoms. The molecule has 0 aliphatic carbocycles. The number of hydrogen-bond acceptors (Lipinski definition) is 7. The number of hydrogen-bond donors (Lipinski definition) is 4. The molecule has 0 atom stereocenters. The number of benzene rings is 3. The Morgan fingerprint density at radius 2 is 1.52 bits per heavy atom. The van der Waals surface area contributed by atoms with Crippen molar-refractivity contribution in [1.82, 2.24) is 5.32 Å². The average molecular weight is 450 g/mol. The van der Waals surface area contributed by atoms with Crippen molar-refractivity contribution in [2.24, 2.45) is 0 Å². The molecule has 3 aromatic rings. The van der Waals surface area contributed by atoms with Gasteiger partial charge in [-0.05, 0) is 55.0 Å². The topological polar surface area (TPSA) is 134 Å². The SMILES string of the molecule is CCOC(=O)Oc1ccc(C(=O)NCc2ccccc2NC(=O)c2cc(O)cc(O)c2)cc1. The smallest absolute Gasteiger partial charge is 0.508 e. The van der Waals surface area contributed by atoms with E-state index in [1.807, 2.05) is 0 Å². The van der Waals surface area contributed by atoms with Crippen molar-refractivity contribution in [3.63, 3.8) is 0 Å². The van der Waals surface area contributed by atoms with E-state index in [9.17, 15) is 24.6 Å². The molecule has 0 aliphatic rings. The molecule has 0 radical (unpaired) electrons. The number of anilines is 1. The third kappa shape index (κ3) is 6.47. The number of rotatable bonds is 7. The van der Waals surface area contributed by atoms with Crippen LogP contribution in [-0.4, -0.2) is 34.8 Å². The first-order valence-electron chi connectivity index (χ1n) is 10.0. The molecule has 0 spiro atoms. The van der Waals surface area contributed by atoms with Crippen molar-refractivity contribution < 1.29 is 34.1 Å². The quantitative estimate of drug-likeness (QED) is 0.318. The van der Waals surface area contributed by atoms with Crippen LogP contribution in [0.2, 0.25) is 0 Å². The summed E-state index contributed by atoms with van der Waals surface area (Å²) in [6.07, 6.45) is -0.825. The van der Waals surface area contributed by atoms with Crippen LogP contribution in [0.4, 0.5) is 10.5 Å². The lowest BCUT2D eigenvalue weighted by Crippen LogP contribution is -2.24. The molecular formula is C24H22N2O7. The maximum Gasteiger partial charge on any atom is 0.513 e. The molecule has 0 aliphatic heterocycles. The van der Waals surface area contributed by atoms with Gasteiger partial charge in [-0.25, -0.2) is 4.79 Å². The Bertz CT molecular complexity index is 1140. The number of phenols is 2. The number of aromatic hydroxyl groups is 2. The summed E-state index contributed by atoms with van der Waals surface area (Å²) >= 11 is 0. The Balaban J connectivity index is 1.63. The molecular weight excluding hydrogens is 428 g/mol. The van der Waals surface area contributed by atoms with Crippen molar-refractivity contribution in [2.75, 3.05) is 11.9 Å². The molecule has 4 N–H and O–H groups in total. The maximum atomic E-state index is 12.5. The fraction of sp³-hybridized carbons (Fsp3) is 0.125. The van der Waals surface area contributed by atoms with Crippen LogP contribution in [0.3, 0.4) is 0 Å². The summed E-state index contributed by atoms with van der Waals surface area (Å²) in [5, 5.41) is 24.6. The highest BCUT2D eigenvalue weighted by Crippen LogP contribution is 2.22. The number of ether oxygens (including phenoxy) is 2. The minimum Gasteiger partial charge on any atom is -0.508 e. The van der Waals surface area contributed by atoms with Crippen LogP contribution < -0.4 is 15.4 Å². The summed E-state index contributed by atoms with van der Waals surface area (Å²) in [6, 6.07) is 16.4. The third-order valence-corrected chi connectivity index (χ3v) is 4.45. The van der Waals surface area contributed by atoms with Crippen LogP contribution in [0.5, 0.6) is 17.2 Å². The summed E-state index contributed by atoms with van der Waals surface area (Å²) in [6.45, 7) is 1.98. The summed E-state index contributed by atoms with van der Waals surface area (Å²) in [5.74, 6) is -1.12. The summed E-state index contributed by atoms with van der Waals surface area (Å²) in [7, 11) is 0. The minimum atomic E-state index is -0.825. The molecule has 9 nitrogen and oxygen atoms in total. The molecule has 0 aromatic heterocycles. The fourth-order valence-electron chi connectivity index (χ4n) is 2.91. The summed E-state index contributed by atoms with van der Waals surface area (Å²) < 4.78 is 9.65. The van der Waals surface area contributed by atoms with E-state index in [4.69, 9.17) is 9.47 Å². The molecule has 0 saturated carbocycles. The van der Waals surface area contributed by atoms with Gasteiger partial charge in [0.1, 0.15) is 17.2 Å². The van der Waals surface area contributed by atoms with E-state index in [-0.39, 0.29) is 41.9 Å². The van der Waals surface area contributed by atoms with Gasteiger partial charge in [-0.2, -0.15) is 0 Å². The second-order valence-corrected chi connectivity index (χ2v) is 6.84. The Hall–Kier alpha value is -4.53. The van der Waals surface area contributed by atoms with Crippen molar-refractivity contribution in [3.05, 3.63) is 83.4 Å². The highest BCUT2D eigenvalue weighted by molar-refractivity contribution is 6.05. The zero-order chi connectivity index (χ0) is 23.8. The lowest BCUT2D eigenvalue weighted by molar-refractivity contribution is 0.0950. The molecule has 0 bridgehead atoms. The van der Waals surface area contributed by atoms with E-state index < -0.39 is 12.1 Å². The summed E-state index contributed by atoms with van der Waals surface area (Å²) in [4.78, 5) is 36.4. The lowest BCUT2D eigenvalue weighted by Gasteiger charge is -2.13. The predicted octanol–water partition coefficient (Wildman–Crippen LogP) is 3.82. The Morgan fingerprint density at radius 1 is 0.848 bits per heavy atom. The van der Waals surface area contributed by atoms with Crippen molar-refractivity contribution in [1.29, 1.82) is 0 Å². The first kappa shape index (κ1) is 23.1. The van der Waals surface area contributed by atoms with Crippen LogP contribution >= 0.6 is 0 Å². The number of nitrogens with one attached hydrogen (secondary N) is 2. The van der Waals surface area contributed by atoms with E-state index in [1.165, 1.54) is 36.4 Å². The van der Waals surface area contributed by atoms with Crippen LogP contribution in [0, 0.1) is 0 Å². The van der Waals surface area contributed by atoms with Crippen LogP contribution in [0.25, 0.3) is 0 Å². The lowest BCUT2D eigenvalue weighted by atomic mass is 10.1. The van der Waals surface area contributed by atoms with E-state index >= 15 is 0 Å². The number of carbonyl (C=O) groups is 3. The molecule has 2 amide bonds. The largest absolute Gasteiger partial charge is 0.513 e. The van der Waals surface area contributed by atoms with Gasteiger partial charge in [0.2, 0.25) is 0 Å². The monoisotopic (exact) mass is 450 g/mol. The average Bonchev–Trinajstić information content (AvgIpc) is 2.78. The van der Waals surface area contributed by atoms with Gasteiger partial charge in [-0.3, -0.25) is 9.59 Å². The normalized spacial score (nSPS) is 10.2. The fourth-order valence-corrected chi connectivity index (χ4v) is 2.91. The summed E-state index contributed by atoms with van der Waals surface area (Å²) in [5.41, 5.74) is 1.54. The van der Waals surface area contributed by atoms with Gasteiger partial charge in [0, 0.05) is 29.4 Å². The van der Waals surface area contributed by atoms with Gasteiger partial charge in [-0.15, -0.1) is 0 Å². The number of carbonyl (C=O) groups excluding carboxylic acids is 3. The van der Waals surface area contributed by atoms with Gasteiger partial charge in [0.05, 0.1) is 6.61 Å². The molecule has 0 fully saturated rings. The first-order chi connectivity index (χ1) is 15.9. The molecule has 0 unspecified atom stereocenters. The van der Waals surface area contributed by atoms with Crippen LogP contribution in [-0.2, 0) is 11.3 Å². The zero-order valence-electron chi connectivity index (χ0n) is 17.7. The van der Waals surface area contributed by atoms with Crippen LogP contribution in [0.1, 0.15) is 33.2 Å². The van der Waals surface area contributed by atoms with Crippen molar-refractivity contribution in [3.8, 4) is 17.2 Å². The molecule has 9 heteroatoms. The van der Waals surface area contributed by atoms with Gasteiger partial charge < -0.3 is 30.3 Å². The molecule has 170 valence electrons. The highest BCUT2D eigenvalue weighted by atomic mass is 16.7. The predicted molar refractivity (Wildman–Crippen MR) is 119 cm³/mol. The van der Waals surface area contributed by atoms with Crippen molar-refractivity contribution >= 4 is 23.7 Å². The molecule has 3 aromatic carbocycles. The van der Waals surface area contributed by atoms with E-state index in [1.54, 1.807) is 31.2 Å². The standard InChI is InChI=1S/C24H22N2O7/c1-2-32-24(31)33-20-9-7-15(8-10-20)22(29)25-14-16-5-3-4-6-21(16)26-23(30)17-11-18(27)13-19(28)12-17/h3-13,27-28H,2,14H2,1H3,(H,25,29)(H,26,30). The number of para-hydroxylation sites is 1. The van der Waals surface area contributed by atoms with E-state index in [2.05, 4.69) is 10.6 Å². The van der Waals surface area contributed by atoms with E-state index in [0.29, 0.717) is 16.8 Å². The Morgan fingerprint density at radius 3 is 2.18 bits per heavy atom. The van der Waals surface area contributed by atoms with Gasteiger partial charge in [-0.1, -0.05) is 18.2 Å². The number of phenolic OH excluding ortho intramolecular Hbond substituents is 2. The van der Waals surface area contributed by atoms with Crippen molar-refractivity contribution in [2.45, 2.75) is 13.5 Å². The second kappa shape index (κ2) is 10.7. The highest BCUT2D eigenvalue weighted by Gasteiger charge is 2.13.